The number of pyridine rings is 1. The molecule has 3 aromatic rings. The van der Waals surface area contributed by atoms with Gasteiger partial charge in [0.1, 0.15) is 18.8 Å². The predicted molar refractivity (Wildman–Crippen MR) is 99.5 cm³/mol. The molecule has 2 heterocycles. The van der Waals surface area contributed by atoms with E-state index in [1.807, 2.05) is 26.0 Å². The maximum atomic E-state index is 12.1. The number of carbonyl (C=O) groups excluding carboxylic acids is 2. The van der Waals surface area contributed by atoms with Gasteiger partial charge in [-0.25, -0.2) is 4.98 Å². The molecule has 7 heteroatoms. The van der Waals surface area contributed by atoms with Gasteiger partial charge in [0.05, 0.1) is 5.69 Å². The average Bonchev–Trinajstić information content (AvgIpc) is 2.65. The molecule has 0 spiro atoms. The van der Waals surface area contributed by atoms with E-state index < -0.39 is 5.97 Å². The zero-order chi connectivity index (χ0) is 19.4. The van der Waals surface area contributed by atoms with Crippen LogP contribution in [-0.4, -0.2) is 27.8 Å². The molecular formula is C20H19N3O4. The van der Waals surface area contributed by atoms with E-state index in [1.54, 1.807) is 30.5 Å². The largest absolute Gasteiger partial charge is 0.458 e. The Hall–Kier alpha value is -3.48. The van der Waals surface area contributed by atoms with Crippen LogP contribution in [0.4, 0.5) is 0 Å². The molecule has 0 aliphatic heterocycles. The minimum Gasteiger partial charge on any atom is -0.458 e. The summed E-state index contributed by atoms with van der Waals surface area (Å²) in [5, 5.41) is 2.51. The van der Waals surface area contributed by atoms with Gasteiger partial charge >= 0.3 is 5.97 Å². The number of nitrogens with one attached hydrogen (secondary N) is 1. The molecule has 1 aromatic carbocycles. The Morgan fingerprint density at radius 1 is 1.11 bits per heavy atom. The summed E-state index contributed by atoms with van der Waals surface area (Å²) < 4.78 is 6.53. The zero-order valence-electron chi connectivity index (χ0n) is 15.1. The van der Waals surface area contributed by atoms with Gasteiger partial charge in [-0.1, -0.05) is 23.8 Å². The van der Waals surface area contributed by atoms with Gasteiger partial charge in [0.2, 0.25) is 0 Å². The van der Waals surface area contributed by atoms with Gasteiger partial charge in [-0.15, -0.1) is 0 Å². The minimum atomic E-state index is -0.609. The van der Waals surface area contributed by atoms with Crippen molar-refractivity contribution >= 4 is 17.5 Å². The molecule has 1 amide bonds. The molecular weight excluding hydrogens is 346 g/mol. The summed E-state index contributed by atoms with van der Waals surface area (Å²) in [6.45, 7) is 3.36. The topological polar surface area (TPSA) is 89.8 Å². The van der Waals surface area contributed by atoms with Crippen molar-refractivity contribution in [1.29, 1.82) is 0 Å². The molecule has 0 saturated heterocycles. The molecule has 0 atom stereocenters. The van der Waals surface area contributed by atoms with Crippen LogP contribution in [0.1, 0.15) is 27.2 Å². The van der Waals surface area contributed by atoms with Crippen LogP contribution in [0.5, 0.6) is 0 Å². The second-order valence-corrected chi connectivity index (χ2v) is 6.23. The molecule has 0 bridgehead atoms. The lowest BCUT2D eigenvalue weighted by molar-refractivity contribution is -0.143. The fourth-order valence-electron chi connectivity index (χ4n) is 2.58. The van der Waals surface area contributed by atoms with Crippen LogP contribution in [0.25, 0.3) is 5.65 Å². The number of aromatic nitrogens is 2. The van der Waals surface area contributed by atoms with Crippen LogP contribution in [-0.2, 0) is 16.1 Å². The molecule has 1 N–H and O–H groups in total. The van der Waals surface area contributed by atoms with Gasteiger partial charge in [0.15, 0.2) is 0 Å². The van der Waals surface area contributed by atoms with E-state index in [9.17, 15) is 14.4 Å². The van der Waals surface area contributed by atoms with Crippen LogP contribution in [0, 0.1) is 13.8 Å². The predicted octanol–water partition coefficient (Wildman–Crippen LogP) is 1.78. The summed E-state index contributed by atoms with van der Waals surface area (Å²) in [5.41, 5.74) is 2.95. The van der Waals surface area contributed by atoms with Gasteiger partial charge in [-0.2, -0.15) is 0 Å². The molecule has 0 unspecified atom stereocenters. The number of benzene rings is 1. The standard InChI is InChI=1S/C20H19N3O4/c1-13-4-3-5-15(8-13)20(26)21-10-19(25)27-12-16-9-18(24)23-11-14(2)6-7-17(23)22-16/h3-9,11H,10,12H2,1-2H3,(H,21,26). The third kappa shape index (κ3) is 4.58. The van der Waals surface area contributed by atoms with E-state index in [1.165, 1.54) is 10.5 Å². The Kier molecular flexibility index (Phi) is 5.30. The van der Waals surface area contributed by atoms with E-state index in [0.717, 1.165) is 11.1 Å². The van der Waals surface area contributed by atoms with Crippen LogP contribution >= 0.6 is 0 Å². The van der Waals surface area contributed by atoms with Crippen LogP contribution in [0.3, 0.4) is 0 Å². The van der Waals surface area contributed by atoms with Gasteiger partial charge in [0.25, 0.3) is 11.5 Å². The third-order valence-corrected chi connectivity index (χ3v) is 3.92. The highest BCUT2D eigenvalue weighted by Crippen LogP contribution is 2.05. The van der Waals surface area contributed by atoms with E-state index >= 15 is 0 Å². The molecule has 0 radical (unpaired) electrons. The molecule has 138 valence electrons. The lowest BCUT2D eigenvalue weighted by Crippen LogP contribution is -2.30. The number of nitrogens with zero attached hydrogens (tertiary/aromatic N) is 2. The summed E-state index contributed by atoms with van der Waals surface area (Å²) in [5.74, 6) is -0.963. The molecule has 0 aliphatic rings. The van der Waals surface area contributed by atoms with Gasteiger partial charge < -0.3 is 10.1 Å². The second kappa shape index (κ2) is 7.82. The van der Waals surface area contributed by atoms with Gasteiger partial charge in [-0.3, -0.25) is 18.8 Å². The smallest absolute Gasteiger partial charge is 0.325 e. The number of carbonyl (C=O) groups is 2. The second-order valence-electron chi connectivity index (χ2n) is 6.23. The van der Waals surface area contributed by atoms with Gasteiger partial charge in [-0.05, 0) is 37.6 Å². The highest BCUT2D eigenvalue weighted by molar-refractivity contribution is 5.96. The normalized spacial score (nSPS) is 10.6. The molecule has 0 fully saturated rings. The van der Waals surface area contributed by atoms with Crippen molar-refractivity contribution < 1.29 is 14.3 Å². The van der Waals surface area contributed by atoms with Crippen LogP contribution < -0.4 is 10.9 Å². The van der Waals surface area contributed by atoms with E-state index in [2.05, 4.69) is 10.3 Å². The summed E-state index contributed by atoms with van der Waals surface area (Å²) in [6, 6.07) is 11.9. The zero-order valence-corrected chi connectivity index (χ0v) is 15.1. The van der Waals surface area contributed by atoms with Crippen molar-refractivity contribution in [3.05, 3.63) is 81.4 Å². The first-order chi connectivity index (χ1) is 12.9. The molecule has 2 aromatic heterocycles. The Morgan fingerprint density at radius 3 is 2.70 bits per heavy atom. The van der Waals surface area contributed by atoms with Crippen LogP contribution in [0.2, 0.25) is 0 Å². The third-order valence-electron chi connectivity index (χ3n) is 3.92. The number of aryl methyl sites for hydroxylation is 2. The molecule has 0 saturated carbocycles. The Bertz CT molecular complexity index is 1070. The number of hydrogen-bond acceptors (Lipinski definition) is 5. The molecule has 7 nitrogen and oxygen atoms in total. The fraction of sp³-hybridized carbons (Fsp3) is 0.200. The van der Waals surface area contributed by atoms with E-state index in [0.29, 0.717) is 16.9 Å². The van der Waals surface area contributed by atoms with Crippen molar-refractivity contribution in [3.8, 4) is 0 Å². The van der Waals surface area contributed by atoms with Gasteiger partial charge in [0, 0.05) is 17.8 Å². The Balaban J connectivity index is 1.58. The first kappa shape index (κ1) is 18.3. The number of hydrogen-bond donors (Lipinski definition) is 1. The highest BCUT2D eigenvalue weighted by atomic mass is 16.5. The summed E-state index contributed by atoms with van der Waals surface area (Å²) in [7, 11) is 0. The van der Waals surface area contributed by atoms with E-state index in [4.69, 9.17) is 4.74 Å². The van der Waals surface area contributed by atoms with Crippen molar-refractivity contribution in [1.82, 2.24) is 14.7 Å². The van der Waals surface area contributed by atoms with E-state index in [-0.39, 0.29) is 24.6 Å². The monoisotopic (exact) mass is 365 g/mol. The lowest BCUT2D eigenvalue weighted by atomic mass is 10.1. The van der Waals surface area contributed by atoms with Crippen molar-refractivity contribution in [2.75, 3.05) is 6.54 Å². The molecule has 3 rings (SSSR count). The van der Waals surface area contributed by atoms with Crippen molar-refractivity contribution in [2.24, 2.45) is 0 Å². The first-order valence-electron chi connectivity index (χ1n) is 8.42. The summed E-state index contributed by atoms with van der Waals surface area (Å²) in [4.78, 5) is 40.3. The van der Waals surface area contributed by atoms with Crippen molar-refractivity contribution in [2.45, 2.75) is 20.5 Å². The highest BCUT2D eigenvalue weighted by Gasteiger charge is 2.10. The number of fused-ring (bicyclic) bond motifs is 1. The number of esters is 1. The number of ether oxygens (including phenoxy) is 1. The Morgan fingerprint density at radius 2 is 1.93 bits per heavy atom. The number of amides is 1. The van der Waals surface area contributed by atoms with Crippen molar-refractivity contribution in [3.63, 3.8) is 0 Å². The summed E-state index contributed by atoms with van der Waals surface area (Å²) in [6.07, 6.45) is 1.70. The number of rotatable bonds is 5. The fourth-order valence-corrected chi connectivity index (χ4v) is 2.58. The first-order valence-corrected chi connectivity index (χ1v) is 8.42. The quantitative estimate of drug-likeness (QED) is 0.696. The molecule has 27 heavy (non-hydrogen) atoms. The Labute approximate surface area is 155 Å². The minimum absolute atomic E-state index is 0.140. The molecule has 0 aliphatic carbocycles. The maximum absolute atomic E-state index is 12.1. The lowest BCUT2D eigenvalue weighted by Gasteiger charge is -2.08. The average molecular weight is 365 g/mol. The van der Waals surface area contributed by atoms with Crippen LogP contribution in [0.15, 0.2) is 53.5 Å². The summed E-state index contributed by atoms with van der Waals surface area (Å²) >= 11 is 0. The SMILES string of the molecule is Cc1cccc(C(=O)NCC(=O)OCc2cc(=O)n3cc(C)ccc3n2)c1. The maximum Gasteiger partial charge on any atom is 0.325 e.